The highest BCUT2D eigenvalue weighted by atomic mass is 32.1. The van der Waals surface area contributed by atoms with Crippen molar-refractivity contribution < 1.29 is 9.53 Å². The van der Waals surface area contributed by atoms with Gasteiger partial charge in [0.1, 0.15) is 5.60 Å². The van der Waals surface area contributed by atoms with Gasteiger partial charge in [-0.3, -0.25) is 0 Å². The lowest BCUT2D eigenvalue weighted by Crippen LogP contribution is -2.51. The Kier molecular flexibility index (Phi) is 4.30. The lowest BCUT2D eigenvalue weighted by Gasteiger charge is -2.43. The Balaban J connectivity index is 1.42. The summed E-state index contributed by atoms with van der Waals surface area (Å²) in [6.45, 7) is 2.51. The SMILES string of the molecule is Nc1ncc2c(n1)C1(CCN(C(=O)NCc3cccs3)CC1)OCC2. The number of nitrogens with zero attached hydrogens (tertiary/aromatic N) is 3. The number of anilines is 1. The van der Waals surface area contributed by atoms with E-state index in [1.165, 1.54) is 0 Å². The number of thiophene rings is 1. The molecule has 2 aromatic heterocycles. The van der Waals surface area contributed by atoms with Gasteiger partial charge in [0.05, 0.1) is 18.8 Å². The molecule has 0 atom stereocenters. The van der Waals surface area contributed by atoms with Crippen LogP contribution in [0.15, 0.2) is 23.7 Å². The van der Waals surface area contributed by atoms with Crippen molar-refractivity contribution in [2.45, 2.75) is 31.4 Å². The van der Waals surface area contributed by atoms with Crippen molar-refractivity contribution in [3.8, 4) is 0 Å². The van der Waals surface area contributed by atoms with Crippen LogP contribution in [-0.4, -0.2) is 40.6 Å². The van der Waals surface area contributed by atoms with E-state index < -0.39 is 5.60 Å². The van der Waals surface area contributed by atoms with E-state index in [1.54, 1.807) is 11.3 Å². The van der Waals surface area contributed by atoms with E-state index in [2.05, 4.69) is 15.3 Å². The lowest BCUT2D eigenvalue weighted by atomic mass is 9.83. The molecule has 8 heteroatoms. The van der Waals surface area contributed by atoms with E-state index in [1.807, 2.05) is 28.6 Å². The minimum atomic E-state index is -0.435. The van der Waals surface area contributed by atoms with Crippen molar-refractivity contribution in [1.82, 2.24) is 20.2 Å². The van der Waals surface area contributed by atoms with E-state index in [9.17, 15) is 4.79 Å². The second-order valence-corrected chi connectivity index (χ2v) is 7.45. The first-order valence-corrected chi connectivity index (χ1v) is 9.35. The second-order valence-electron chi connectivity index (χ2n) is 6.42. The van der Waals surface area contributed by atoms with Crippen LogP contribution in [0.4, 0.5) is 10.7 Å². The molecule has 0 radical (unpaired) electrons. The second kappa shape index (κ2) is 6.61. The topological polar surface area (TPSA) is 93.4 Å². The molecule has 0 unspecified atom stereocenters. The molecule has 2 amide bonds. The Labute approximate surface area is 150 Å². The van der Waals surface area contributed by atoms with Crippen LogP contribution in [0.2, 0.25) is 0 Å². The fourth-order valence-corrected chi connectivity index (χ4v) is 4.21. The van der Waals surface area contributed by atoms with Gasteiger partial charge >= 0.3 is 6.03 Å². The number of fused-ring (bicyclic) bond motifs is 2. The number of hydrogen-bond acceptors (Lipinski definition) is 6. The smallest absolute Gasteiger partial charge is 0.317 e. The summed E-state index contributed by atoms with van der Waals surface area (Å²) in [6.07, 6.45) is 4.07. The van der Waals surface area contributed by atoms with E-state index in [4.69, 9.17) is 10.5 Å². The van der Waals surface area contributed by atoms with Gasteiger partial charge in [0, 0.05) is 24.2 Å². The summed E-state index contributed by atoms with van der Waals surface area (Å²) in [5, 5.41) is 5.00. The molecule has 1 saturated heterocycles. The van der Waals surface area contributed by atoms with Gasteiger partial charge < -0.3 is 20.7 Å². The summed E-state index contributed by atoms with van der Waals surface area (Å²) in [6, 6.07) is 3.98. The van der Waals surface area contributed by atoms with Gasteiger partial charge in [0.2, 0.25) is 5.95 Å². The molecule has 0 saturated carbocycles. The average Bonchev–Trinajstić information content (AvgIpc) is 3.15. The molecule has 0 aliphatic carbocycles. The van der Waals surface area contributed by atoms with Crippen LogP contribution in [0.1, 0.15) is 29.0 Å². The van der Waals surface area contributed by atoms with Crippen LogP contribution in [0, 0.1) is 0 Å². The molecule has 132 valence electrons. The molecule has 4 heterocycles. The summed E-state index contributed by atoms with van der Waals surface area (Å²) >= 11 is 1.64. The molecule has 2 aromatic rings. The number of carbonyl (C=O) groups excluding carboxylic acids is 1. The largest absolute Gasteiger partial charge is 0.368 e. The molecular formula is C17H21N5O2S. The number of nitrogen functional groups attached to an aromatic ring is 1. The van der Waals surface area contributed by atoms with Crippen molar-refractivity contribution in [2.75, 3.05) is 25.4 Å². The number of piperidine rings is 1. The summed E-state index contributed by atoms with van der Waals surface area (Å²) in [4.78, 5) is 24.0. The lowest BCUT2D eigenvalue weighted by molar-refractivity contribution is -0.0957. The third-order valence-corrected chi connectivity index (χ3v) is 5.79. The first-order valence-electron chi connectivity index (χ1n) is 8.47. The first kappa shape index (κ1) is 16.3. The third kappa shape index (κ3) is 3.19. The van der Waals surface area contributed by atoms with Gasteiger partial charge in [-0.15, -0.1) is 11.3 Å². The number of aromatic nitrogens is 2. The molecule has 3 N–H and O–H groups in total. The van der Waals surface area contributed by atoms with Crippen molar-refractivity contribution in [2.24, 2.45) is 0 Å². The van der Waals surface area contributed by atoms with E-state index in [0.29, 0.717) is 26.2 Å². The number of hydrogen-bond donors (Lipinski definition) is 2. The molecule has 0 bridgehead atoms. The fraction of sp³-hybridized carbons (Fsp3) is 0.471. The van der Waals surface area contributed by atoms with Crippen LogP contribution < -0.4 is 11.1 Å². The number of nitrogens with two attached hydrogens (primary N) is 1. The normalized spacial score (nSPS) is 18.8. The minimum Gasteiger partial charge on any atom is -0.368 e. The maximum absolute atomic E-state index is 12.4. The molecule has 0 aromatic carbocycles. The number of likely N-dealkylation sites (tertiary alicyclic amines) is 1. The Bertz CT molecular complexity index is 756. The van der Waals surface area contributed by atoms with Crippen molar-refractivity contribution in [3.05, 3.63) is 39.8 Å². The summed E-state index contributed by atoms with van der Waals surface area (Å²) in [7, 11) is 0. The summed E-state index contributed by atoms with van der Waals surface area (Å²) in [5.74, 6) is 0.278. The highest BCUT2D eigenvalue weighted by molar-refractivity contribution is 7.09. The molecule has 25 heavy (non-hydrogen) atoms. The number of carbonyl (C=O) groups is 1. The van der Waals surface area contributed by atoms with Gasteiger partial charge in [0.25, 0.3) is 0 Å². The third-order valence-electron chi connectivity index (χ3n) is 4.92. The van der Waals surface area contributed by atoms with E-state index in [0.717, 1.165) is 35.4 Å². The first-order chi connectivity index (χ1) is 12.2. The average molecular weight is 359 g/mol. The highest BCUT2D eigenvalue weighted by Crippen LogP contribution is 2.40. The number of amides is 2. The van der Waals surface area contributed by atoms with Crippen LogP contribution in [0.5, 0.6) is 0 Å². The number of urea groups is 1. The maximum Gasteiger partial charge on any atom is 0.317 e. The van der Waals surface area contributed by atoms with Gasteiger partial charge in [0.15, 0.2) is 0 Å². The van der Waals surface area contributed by atoms with Gasteiger partial charge in [-0.05, 0) is 36.3 Å². The van der Waals surface area contributed by atoms with Crippen molar-refractivity contribution >= 4 is 23.3 Å². The van der Waals surface area contributed by atoms with Crippen LogP contribution in [0.3, 0.4) is 0 Å². The van der Waals surface area contributed by atoms with Gasteiger partial charge in [-0.2, -0.15) is 0 Å². The molecular weight excluding hydrogens is 338 g/mol. The van der Waals surface area contributed by atoms with Gasteiger partial charge in [-0.1, -0.05) is 6.07 Å². The Morgan fingerprint density at radius 1 is 1.44 bits per heavy atom. The molecule has 4 rings (SSSR count). The maximum atomic E-state index is 12.4. The predicted octanol–water partition coefficient (Wildman–Crippen LogP) is 1.89. The molecule has 2 aliphatic heterocycles. The van der Waals surface area contributed by atoms with E-state index >= 15 is 0 Å². The zero-order chi connectivity index (χ0) is 17.3. The Hall–Kier alpha value is -2.19. The highest BCUT2D eigenvalue weighted by Gasteiger charge is 2.43. The predicted molar refractivity (Wildman–Crippen MR) is 95.1 cm³/mol. The standard InChI is InChI=1S/C17H21N5O2S/c18-15-19-10-12-3-8-24-17(14(12)21-15)4-6-22(7-5-17)16(23)20-11-13-2-1-9-25-13/h1-2,9-10H,3-8,11H2,(H,20,23)(H2,18,19,21). The van der Waals surface area contributed by atoms with Gasteiger partial charge in [-0.25, -0.2) is 14.8 Å². The molecule has 1 fully saturated rings. The summed E-state index contributed by atoms with van der Waals surface area (Å²) < 4.78 is 6.13. The number of ether oxygens (including phenoxy) is 1. The zero-order valence-electron chi connectivity index (χ0n) is 13.9. The van der Waals surface area contributed by atoms with Crippen LogP contribution in [0.25, 0.3) is 0 Å². The monoisotopic (exact) mass is 359 g/mol. The number of rotatable bonds is 2. The Morgan fingerprint density at radius 2 is 2.28 bits per heavy atom. The molecule has 7 nitrogen and oxygen atoms in total. The molecule has 2 aliphatic rings. The van der Waals surface area contributed by atoms with Crippen LogP contribution >= 0.6 is 11.3 Å². The number of nitrogens with one attached hydrogen (secondary N) is 1. The zero-order valence-corrected chi connectivity index (χ0v) is 14.7. The van der Waals surface area contributed by atoms with Crippen LogP contribution in [-0.2, 0) is 23.3 Å². The Morgan fingerprint density at radius 3 is 3.04 bits per heavy atom. The summed E-state index contributed by atoms with van der Waals surface area (Å²) in [5.41, 5.74) is 7.36. The minimum absolute atomic E-state index is 0.0264. The van der Waals surface area contributed by atoms with E-state index in [-0.39, 0.29) is 12.0 Å². The molecule has 1 spiro atoms. The fourth-order valence-electron chi connectivity index (χ4n) is 3.56. The quantitative estimate of drug-likeness (QED) is 0.854. The van der Waals surface area contributed by atoms with Crippen molar-refractivity contribution in [1.29, 1.82) is 0 Å². The van der Waals surface area contributed by atoms with Crippen molar-refractivity contribution in [3.63, 3.8) is 0 Å².